The first kappa shape index (κ1) is 8.15. The van der Waals surface area contributed by atoms with Crippen LogP contribution in [0.2, 0.25) is 0 Å². The van der Waals surface area contributed by atoms with E-state index in [2.05, 4.69) is 11.6 Å². The van der Waals surface area contributed by atoms with Crippen molar-refractivity contribution in [3.63, 3.8) is 0 Å². The lowest BCUT2D eigenvalue weighted by atomic mass is 10.1. The summed E-state index contributed by atoms with van der Waals surface area (Å²) in [4.78, 5) is 3.82. The molecule has 0 aliphatic carbocycles. The van der Waals surface area contributed by atoms with Crippen LogP contribution in [-0.2, 0) is 0 Å². The van der Waals surface area contributed by atoms with Gasteiger partial charge in [0.05, 0.1) is 0 Å². The molecule has 0 saturated carbocycles. The van der Waals surface area contributed by atoms with Crippen molar-refractivity contribution in [2.75, 3.05) is 7.05 Å². The van der Waals surface area contributed by atoms with Gasteiger partial charge >= 0.3 is 0 Å². The van der Waals surface area contributed by atoms with E-state index in [1.807, 2.05) is 19.9 Å². The fraction of sp³-hybridized carbons (Fsp3) is 0.375. The average Bonchev–Trinajstić information content (AvgIpc) is 1.82. The Morgan fingerprint density at radius 3 is 2.33 bits per heavy atom. The molecule has 0 aromatic carbocycles. The van der Waals surface area contributed by atoms with Crippen LogP contribution in [0.1, 0.15) is 13.8 Å². The number of aliphatic imine (C=N–C) groups is 1. The highest BCUT2D eigenvalue weighted by Gasteiger charge is 1.83. The van der Waals surface area contributed by atoms with E-state index in [0.29, 0.717) is 0 Å². The van der Waals surface area contributed by atoms with Gasteiger partial charge in [-0.15, -0.1) is 0 Å². The molecule has 0 aliphatic heterocycles. The van der Waals surface area contributed by atoms with Crippen molar-refractivity contribution in [1.29, 1.82) is 0 Å². The van der Waals surface area contributed by atoms with Gasteiger partial charge in [0.2, 0.25) is 0 Å². The Morgan fingerprint density at radius 1 is 1.44 bits per heavy atom. The lowest BCUT2D eigenvalue weighted by molar-refractivity contribution is 1.37. The molecule has 0 saturated heterocycles. The highest BCUT2D eigenvalue weighted by molar-refractivity contribution is 5.73. The van der Waals surface area contributed by atoms with Crippen LogP contribution in [0, 0.1) is 0 Å². The molecule has 0 fully saturated rings. The second-order valence-electron chi connectivity index (χ2n) is 2.04. The van der Waals surface area contributed by atoms with Gasteiger partial charge in [-0.2, -0.15) is 0 Å². The van der Waals surface area contributed by atoms with Crippen molar-refractivity contribution in [1.82, 2.24) is 0 Å². The summed E-state index contributed by atoms with van der Waals surface area (Å²) < 4.78 is 0. The van der Waals surface area contributed by atoms with Crippen molar-refractivity contribution in [2.24, 2.45) is 4.99 Å². The van der Waals surface area contributed by atoms with Gasteiger partial charge in [-0.25, -0.2) is 0 Å². The largest absolute Gasteiger partial charge is 0.297 e. The first-order chi connectivity index (χ1) is 4.18. The zero-order chi connectivity index (χ0) is 7.28. The number of nitrogens with zero attached hydrogens (tertiary/aromatic N) is 1. The quantitative estimate of drug-likeness (QED) is 0.394. The van der Waals surface area contributed by atoms with Gasteiger partial charge in [0.25, 0.3) is 0 Å². The van der Waals surface area contributed by atoms with Crippen LogP contribution in [-0.4, -0.2) is 13.3 Å². The summed E-state index contributed by atoms with van der Waals surface area (Å²) in [6.07, 6.45) is 3.71. The summed E-state index contributed by atoms with van der Waals surface area (Å²) in [6.45, 7) is 7.78. The van der Waals surface area contributed by atoms with Crippen molar-refractivity contribution in [3.8, 4) is 0 Å². The number of allylic oxidation sites excluding steroid dienone is 3. The predicted octanol–water partition coefficient (Wildman–Crippen LogP) is 2.21. The second-order valence-corrected chi connectivity index (χ2v) is 2.04. The smallest absolute Gasteiger partial charge is 0.0277 e. The van der Waals surface area contributed by atoms with Gasteiger partial charge < -0.3 is 0 Å². The molecule has 0 spiro atoms. The minimum absolute atomic E-state index is 1.09. The Kier molecular flexibility index (Phi) is 3.69. The van der Waals surface area contributed by atoms with Gasteiger partial charge in [0.15, 0.2) is 0 Å². The van der Waals surface area contributed by atoms with Crippen molar-refractivity contribution in [3.05, 3.63) is 23.8 Å². The fourth-order valence-electron chi connectivity index (χ4n) is 0.329. The molecular formula is C8H13N. The molecule has 0 aromatic rings. The third-order valence-corrected chi connectivity index (χ3v) is 1.15. The minimum Gasteiger partial charge on any atom is -0.297 e. The molecule has 0 amide bonds. The Balaban J connectivity index is 4.00. The Bertz CT molecular complexity index is 152. The maximum atomic E-state index is 3.82. The van der Waals surface area contributed by atoms with Crippen molar-refractivity contribution < 1.29 is 0 Å². The van der Waals surface area contributed by atoms with E-state index in [9.17, 15) is 0 Å². The van der Waals surface area contributed by atoms with Crippen LogP contribution in [0.4, 0.5) is 0 Å². The molecule has 0 N–H and O–H groups in total. The number of rotatable bonds is 2. The first-order valence-electron chi connectivity index (χ1n) is 2.93. The number of hydrogen-bond donors (Lipinski definition) is 0. The van der Waals surface area contributed by atoms with Crippen LogP contribution in [0.15, 0.2) is 28.8 Å². The summed E-state index contributed by atoms with van der Waals surface area (Å²) in [5.74, 6) is 0. The summed E-state index contributed by atoms with van der Waals surface area (Å²) >= 11 is 0. The van der Waals surface area contributed by atoms with Crippen molar-refractivity contribution >= 4 is 6.21 Å². The van der Waals surface area contributed by atoms with E-state index in [0.717, 1.165) is 5.57 Å². The number of hydrogen-bond acceptors (Lipinski definition) is 1. The molecule has 0 rings (SSSR count). The van der Waals surface area contributed by atoms with Crippen LogP contribution in [0.3, 0.4) is 0 Å². The third-order valence-electron chi connectivity index (χ3n) is 1.15. The highest BCUT2D eigenvalue weighted by atomic mass is 14.6. The van der Waals surface area contributed by atoms with E-state index < -0.39 is 0 Å². The summed E-state index contributed by atoms with van der Waals surface area (Å²) in [6, 6.07) is 0. The fourth-order valence-corrected chi connectivity index (χ4v) is 0.329. The monoisotopic (exact) mass is 123 g/mol. The third kappa shape index (κ3) is 3.71. The molecule has 0 radical (unpaired) electrons. The molecule has 0 aliphatic rings. The lowest BCUT2D eigenvalue weighted by Crippen LogP contribution is -1.76. The molecule has 0 aromatic heterocycles. The Hall–Kier alpha value is -0.850. The molecule has 9 heavy (non-hydrogen) atoms. The standard InChI is InChI=1S/C8H13N/c1-7(2)8(3)5-6-9-4/h5-6H,1H2,2-4H3. The Labute approximate surface area is 56.8 Å². The van der Waals surface area contributed by atoms with Gasteiger partial charge in [0.1, 0.15) is 0 Å². The molecule has 0 bridgehead atoms. The van der Waals surface area contributed by atoms with E-state index in [4.69, 9.17) is 0 Å². The summed E-state index contributed by atoms with van der Waals surface area (Å²) in [5.41, 5.74) is 2.27. The topological polar surface area (TPSA) is 12.4 Å². The van der Waals surface area contributed by atoms with Crippen molar-refractivity contribution in [2.45, 2.75) is 13.8 Å². The molecule has 1 nitrogen and oxygen atoms in total. The summed E-state index contributed by atoms with van der Waals surface area (Å²) in [5, 5.41) is 0. The predicted molar refractivity (Wildman–Crippen MR) is 43.0 cm³/mol. The zero-order valence-electron chi connectivity index (χ0n) is 6.31. The van der Waals surface area contributed by atoms with Crippen LogP contribution in [0.5, 0.6) is 0 Å². The normalized spacial score (nSPS) is 12.6. The Morgan fingerprint density at radius 2 is 2.00 bits per heavy atom. The van der Waals surface area contributed by atoms with Gasteiger partial charge in [-0.05, 0) is 25.5 Å². The van der Waals surface area contributed by atoms with E-state index in [1.165, 1.54) is 5.57 Å². The highest BCUT2D eigenvalue weighted by Crippen LogP contribution is 2.02. The van der Waals surface area contributed by atoms with Gasteiger partial charge in [0, 0.05) is 13.3 Å². The minimum atomic E-state index is 1.09. The van der Waals surface area contributed by atoms with Crippen LogP contribution in [0.25, 0.3) is 0 Å². The van der Waals surface area contributed by atoms with Crippen LogP contribution < -0.4 is 0 Å². The van der Waals surface area contributed by atoms with E-state index in [1.54, 1.807) is 13.3 Å². The van der Waals surface area contributed by atoms with E-state index >= 15 is 0 Å². The maximum Gasteiger partial charge on any atom is 0.0277 e. The average molecular weight is 123 g/mol. The zero-order valence-corrected chi connectivity index (χ0v) is 6.31. The molecule has 0 atom stereocenters. The second kappa shape index (κ2) is 4.07. The van der Waals surface area contributed by atoms with Gasteiger partial charge in [-0.3, -0.25) is 4.99 Å². The van der Waals surface area contributed by atoms with E-state index in [-0.39, 0.29) is 0 Å². The molecule has 0 heterocycles. The van der Waals surface area contributed by atoms with Gasteiger partial charge in [-0.1, -0.05) is 12.2 Å². The molecule has 0 unspecified atom stereocenters. The maximum absolute atomic E-state index is 3.82. The molecular weight excluding hydrogens is 110 g/mol. The van der Waals surface area contributed by atoms with Crippen LogP contribution >= 0.6 is 0 Å². The summed E-state index contributed by atoms with van der Waals surface area (Å²) in [7, 11) is 1.75. The SMILES string of the molecule is C=C(C)C(C)=CC=NC. The molecule has 1 heteroatoms. The molecule has 50 valence electrons. The lowest BCUT2D eigenvalue weighted by Gasteiger charge is -1.92. The first-order valence-corrected chi connectivity index (χ1v) is 2.93.